The van der Waals surface area contributed by atoms with Gasteiger partial charge in [0.1, 0.15) is 60.5 Å². The molecule has 3 rings (SSSR count). The van der Waals surface area contributed by atoms with E-state index in [0.29, 0.717) is 12.8 Å². The molecule has 0 radical (unpaired) electrons. The van der Waals surface area contributed by atoms with E-state index in [2.05, 4.69) is 68.8 Å². The van der Waals surface area contributed by atoms with Crippen LogP contribution < -0.4 is 75.3 Å². The Hall–Kier alpha value is -8.03. The maximum Gasteiger partial charge on any atom is 0.332 e. The third-order valence-electron chi connectivity index (χ3n) is 16.2. The Morgan fingerprint density at radius 3 is 1.62 bits per heavy atom. The Morgan fingerprint density at radius 1 is 0.663 bits per heavy atom. The first-order chi connectivity index (χ1) is 41.9. The summed E-state index contributed by atoms with van der Waals surface area (Å²) in [5.41, 5.74) is 10.1. The lowest BCUT2D eigenvalue weighted by molar-refractivity contribution is -0.163. The molecule has 0 saturated carbocycles. The first-order valence-corrected chi connectivity index (χ1v) is 30.1. The van der Waals surface area contributed by atoms with E-state index in [1.165, 1.54) is 27.7 Å². The molecule has 11 amide bonds. The van der Waals surface area contributed by atoms with Crippen LogP contribution in [-0.4, -0.2) is 203 Å². The summed E-state index contributed by atoms with van der Waals surface area (Å²) in [6.07, 6.45) is -1.52. The van der Waals surface area contributed by atoms with Crippen molar-refractivity contribution in [2.75, 3.05) is 26.8 Å². The average Bonchev–Trinajstić information content (AvgIpc) is 2.34. The van der Waals surface area contributed by atoms with E-state index in [1.807, 2.05) is 30.3 Å². The van der Waals surface area contributed by atoms with E-state index in [4.69, 9.17) is 16.2 Å². The summed E-state index contributed by atoms with van der Waals surface area (Å²) in [6.45, 7) is 13.4. The van der Waals surface area contributed by atoms with Crippen LogP contribution in [0.15, 0.2) is 35.3 Å². The van der Waals surface area contributed by atoms with Gasteiger partial charge in [-0.3, -0.25) is 57.7 Å². The average molecular weight is 1260 g/mol. The number of aliphatic hydroxyl groups is 3. The number of nitrogens with two attached hydrogens (primary N) is 2. The van der Waals surface area contributed by atoms with Crippen molar-refractivity contribution in [1.82, 2.24) is 63.8 Å². The molecule has 1 aromatic carbocycles. The molecule has 2 aliphatic heterocycles. The lowest BCUT2D eigenvalue weighted by Crippen LogP contribution is -2.63. The second-order valence-electron chi connectivity index (χ2n) is 23.1. The molecule has 31 nitrogen and oxygen atoms in total. The fourth-order valence-electron chi connectivity index (χ4n) is 9.48. The summed E-state index contributed by atoms with van der Waals surface area (Å²) in [6, 6.07) is -7.84. The summed E-state index contributed by atoms with van der Waals surface area (Å²) >= 11 is 0. The molecule has 19 N–H and O–H groups in total. The molecular weight excluding hydrogens is 1160 g/mol. The quantitative estimate of drug-likeness (QED) is 0.0300. The standard InChI is InChI=1S/C58H95N15O16/c1-12-28(5)41(70-48(79)36(61-11)23-33-19-17-16-18-20-33)52(83)67-38(26-74)50(81)65-35(21-22-40(59)76)47(78)69-43(30(7)14-3)54(85)71-42(29(6)13-2)53(84)68-39(27-75)51(82)72-44-32(9)89-56(87)45(58(10,88)15-4)73-49(80)37(24-34-25-62-57(60)64-34)66-46(77)31(8)63-55(44)86/h16-20,28-32,34-39,41-45,61,74-75,88H,12-15,21-27H2,1-11H3,(H2,59,76)(H,63,86)(H,65,81)(H,66,77)(H,67,83)(H,68,84)(H,69,78)(H,70,79)(H,71,85)(H,72,82)(H,73,80)(H3,60,62,64)/t28-,29-,30-,31-,32-,34-,35+,36+,37-,38-,39-,41-,42-,43+,44+,45+,58?/m0/s1. The molecule has 0 bridgehead atoms. The van der Waals surface area contributed by atoms with Crippen LogP contribution in [-0.2, 0) is 68.7 Å². The predicted octanol–water partition coefficient (Wildman–Crippen LogP) is -5.14. The SMILES string of the molecule is CC[C@H](C)[C@H](NC(=O)[C@@H](Cc1ccccc1)NC)C(=O)N[C@@H](CO)C(=O)N[C@H](CCC(N)=O)C(=O)N[C@@H](C(=O)N[C@H](C(=O)N[C@@H](CO)C(=O)N[C@H]1C(=O)N[C@@H](C)C(=O)N[C@@H](C[C@H]2CN=C(N)N2)C(=O)N[C@@H](C(C)(O)CC)C(=O)O[C@H]1C)[C@@H](C)CC)[C@@H](C)CC. The number of hydrogen-bond acceptors (Lipinski definition) is 20. The van der Waals surface area contributed by atoms with E-state index >= 15 is 0 Å². The van der Waals surface area contributed by atoms with Crippen LogP contribution in [0.4, 0.5) is 0 Å². The summed E-state index contributed by atoms with van der Waals surface area (Å²) in [5, 5.41) is 63.1. The normalized spacial score (nSPS) is 23.0. The lowest BCUT2D eigenvalue weighted by atomic mass is 9.92. The number of carbonyl (C=O) groups is 12. The highest BCUT2D eigenvalue weighted by molar-refractivity contribution is 6.00. The smallest absolute Gasteiger partial charge is 0.332 e. The number of aliphatic hydroxyl groups excluding tert-OH is 2. The Kier molecular flexibility index (Phi) is 30.3. The highest BCUT2D eigenvalue weighted by Crippen LogP contribution is 2.20. The van der Waals surface area contributed by atoms with Crippen molar-refractivity contribution in [3.05, 3.63) is 35.9 Å². The number of ether oxygens (including phenoxy) is 1. The zero-order chi connectivity index (χ0) is 67.0. The molecule has 0 spiro atoms. The Labute approximate surface area is 518 Å². The van der Waals surface area contributed by atoms with Crippen LogP contribution in [0.5, 0.6) is 0 Å². The van der Waals surface area contributed by atoms with Crippen molar-refractivity contribution in [2.45, 2.75) is 205 Å². The van der Waals surface area contributed by atoms with E-state index in [9.17, 15) is 72.9 Å². The molecule has 1 fully saturated rings. The Bertz CT molecular complexity index is 2670. The third-order valence-corrected chi connectivity index (χ3v) is 16.2. The molecule has 498 valence electrons. The zero-order valence-electron chi connectivity index (χ0n) is 52.7. The molecule has 0 aliphatic carbocycles. The number of guanidine groups is 1. The van der Waals surface area contributed by atoms with Crippen LogP contribution in [0.1, 0.15) is 120 Å². The van der Waals surface area contributed by atoms with Crippen molar-refractivity contribution < 1.29 is 77.6 Å². The number of aliphatic imine (C=N–C) groups is 1. The van der Waals surface area contributed by atoms with E-state index in [0.717, 1.165) is 5.56 Å². The first-order valence-electron chi connectivity index (χ1n) is 30.1. The molecular formula is C58H95N15O16. The zero-order valence-corrected chi connectivity index (χ0v) is 52.7. The van der Waals surface area contributed by atoms with Crippen LogP contribution in [0.2, 0.25) is 0 Å². The summed E-state index contributed by atoms with van der Waals surface area (Å²) < 4.78 is 5.63. The molecule has 1 saturated heterocycles. The highest BCUT2D eigenvalue weighted by atomic mass is 16.5. The number of hydrogen-bond donors (Lipinski definition) is 17. The minimum Gasteiger partial charge on any atom is -0.458 e. The molecule has 31 heteroatoms. The van der Waals surface area contributed by atoms with E-state index < -0.39 is 199 Å². The van der Waals surface area contributed by atoms with Gasteiger partial charge >= 0.3 is 5.97 Å². The number of nitrogens with zero attached hydrogens (tertiary/aromatic N) is 1. The molecule has 1 unspecified atom stereocenters. The van der Waals surface area contributed by atoms with Gasteiger partial charge in [-0.1, -0.05) is 98.1 Å². The van der Waals surface area contributed by atoms with Gasteiger partial charge in [0.15, 0.2) is 12.0 Å². The number of likely N-dealkylation sites (N-methyl/N-ethyl adjacent to an activating group) is 1. The number of nitrogens with one attached hydrogen (secondary N) is 12. The van der Waals surface area contributed by atoms with E-state index in [-0.39, 0.29) is 38.2 Å². The minimum atomic E-state index is -1.97. The van der Waals surface area contributed by atoms with Gasteiger partial charge in [-0.25, -0.2) is 4.79 Å². The predicted molar refractivity (Wildman–Crippen MR) is 323 cm³/mol. The van der Waals surface area contributed by atoms with Crippen molar-refractivity contribution >= 4 is 76.9 Å². The summed E-state index contributed by atoms with van der Waals surface area (Å²) in [7, 11) is 1.59. The number of amides is 11. The third kappa shape index (κ3) is 22.5. The Balaban J connectivity index is 1.86. The molecule has 89 heavy (non-hydrogen) atoms. The summed E-state index contributed by atoms with van der Waals surface area (Å²) in [5.74, 6) is -13.3. The van der Waals surface area contributed by atoms with Crippen molar-refractivity contribution in [3.63, 3.8) is 0 Å². The minimum absolute atomic E-state index is 0.0948. The van der Waals surface area contributed by atoms with Gasteiger partial charge in [0.2, 0.25) is 65.0 Å². The largest absolute Gasteiger partial charge is 0.458 e. The first kappa shape index (κ1) is 75.2. The number of esters is 1. The number of rotatable bonds is 32. The van der Waals surface area contributed by atoms with Crippen LogP contribution in [0, 0.1) is 17.8 Å². The van der Waals surface area contributed by atoms with Crippen molar-refractivity contribution in [1.29, 1.82) is 0 Å². The van der Waals surface area contributed by atoms with E-state index in [1.54, 1.807) is 48.6 Å². The maximum absolute atomic E-state index is 14.4. The number of cyclic esters (lactones) is 1. The van der Waals surface area contributed by atoms with Gasteiger partial charge in [0.25, 0.3) is 0 Å². The lowest BCUT2D eigenvalue weighted by Gasteiger charge is -2.34. The Morgan fingerprint density at radius 2 is 1.15 bits per heavy atom. The van der Waals surface area contributed by atoms with Crippen LogP contribution in [0.3, 0.4) is 0 Å². The topological polar surface area (TPSA) is 484 Å². The second kappa shape index (κ2) is 35.8. The van der Waals surface area contributed by atoms with Gasteiger partial charge < -0.3 is 95.3 Å². The fourth-order valence-corrected chi connectivity index (χ4v) is 9.48. The van der Waals surface area contributed by atoms with Gasteiger partial charge in [0, 0.05) is 6.42 Å². The van der Waals surface area contributed by atoms with Gasteiger partial charge in [0.05, 0.1) is 37.4 Å². The monoisotopic (exact) mass is 1260 g/mol. The van der Waals surface area contributed by atoms with Crippen LogP contribution >= 0.6 is 0 Å². The summed E-state index contributed by atoms with van der Waals surface area (Å²) in [4.78, 5) is 170. The number of primary amides is 1. The fraction of sp³-hybridized carbons (Fsp3) is 0.672. The molecule has 0 aromatic heterocycles. The van der Waals surface area contributed by atoms with Crippen LogP contribution in [0.25, 0.3) is 0 Å². The molecule has 17 atom stereocenters. The second-order valence-corrected chi connectivity index (χ2v) is 23.1. The van der Waals surface area contributed by atoms with Gasteiger partial charge in [-0.05, 0) is 76.8 Å². The van der Waals surface area contributed by atoms with Crippen molar-refractivity contribution in [3.8, 4) is 0 Å². The number of benzene rings is 1. The highest BCUT2D eigenvalue weighted by Gasteiger charge is 2.45. The molecule has 1 aromatic rings. The molecule has 2 aliphatic rings. The maximum atomic E-state index is 14.4. The number of carbonyl (C=O) groups excluding carboxylic acids is 12. The van der Waals surface area contributed by atoms with Gasteiger partial charge in [-0.15, -0.1) is 0 Å². The van der Waals surface area contributed by atoms with Crippen molar-refractivity contribution in [2.24, 2.45) is 34.2 Å². The molecule has 2 heterocycles. The van der Waals surface area contributed by atoms with Gasteiger partial charge in [-0.2, -0.15) is 0 Å².